The summed E-state index contributed by atoms with van der Waals surface area (Å²) in [7, 11) is 1.26. The lowest BCUT2D eigenvalue weighted by atomic mass is 10.1. The maximum atomic E-state index is 11.2. The van der Waals surface area contributed by atoms with E-state index in [1.165, 1.54) is 7.11 Å². The maximum Gasteiger partial charge on any atom is 0.320 e. The SMILES string of the molecule is CCCOC(=O)C(CC)C(=O)OC. The molecule has 0 fully saturated rings. The molecule has 4 nitrogen and oxygen atoms in total. The van der Waals surface area contributed by atoms with Gasteiger partial charge in [-0.25, -0.2) is 0 Å². The van der Waals surface area contributed by atoms with Crippen molar-refractivity contribution in [2.75, 3.05) is 13.7 Å². The van der Waals surface area contributed by atoms with Gasteiger partial charge in [-0.1, -0.05) is 13.8 Å². The molecule has 0 saturated heterocycles. The average molecular weight is 188 g/mol. The third-order valence-electron chi connectivity index (χ3n) is 1.63. The standard InChI is InChI=1S/C9H16O4/c1-4-6-13-9(11)7(5-2)8(10)12-3/h7H,4-6H2,1-3H3. The van der Waals surface area contributed by atoms with Crippen LogP contribution in [0.2, 0.25) is 0 Å². The Kier molecular flexibility index (Phi) is 5.93. The normalized spacial score (nSPS) is 11.9. The Balaban J connectivity index is 4.07. The smallest absolute Gasteiger partial charge is 0.320 e. The summed E-state index contributed by atoms with van der Waals surface area (Å²) in [4.78, 5) is 22.2. The quantitative estimate of drug-likeness (QED) is 0.479. The van der Waals surface area contributed by atoms with Crippen molar-refractivity contribution in [3.05, 3.63) is 0 Å². The third kappa shape index (κ3) is 3.92. The van der Waals surface area contributed by atoms with Crippen LogP contribution in [-0.4, -0.2) is 25.7 Å². The van der Waals surface area contributed by atoms with Crippen molar-refractivity contribution in [1.29, 1.82) is 0 Å². The van der Waals surface area contributed by atoms with Gasteiger partial charge in [0.2, 0.25) is 0 Å². The van der Waals surface area contributed by atoms with Gasteiger partial charge in [0.1, 0.15) is 0 Å². The minimum absolute atomic E-state index is 0.353. The second-order valence-electron chi connectivity index (χ2n) is 2.65. The van der Waals surface area contributed by atoms with Crippen LogP contribution in [0.15, 0.2) is 0 Å². The first-order chi connectivity index (χ1) is 6.17. The average Bonchev–Trinajstić information content (AvgIpc) is 2.15. The van der Waals surface area contributed by atoms with Gasteiger partial charge in [-0.15, -0.1) is 0 Å². The van der Waals surface area contributed by atoms with Crippen molar-refractivity contribution in [1.82, 2.24) is 0 Å². The summed E-state index contributed by atoms with van der Waals surface area (Å²) in [5.41, 5.74) is 0. The van der Waals surface area contributed by atoms with E-state index >= 15 is 0 Å². The van der Waals surface area contributed by atoms with Gasteiger partial charge >= 0.3 is 11.9 Å². The molecule has 0 aromatic carbocycles. The van der Waals surface area contributed by atoms with Crippen molar-refractivity contribution in [2.45, 2.75) is 26.7 Å². The Morgan fingerprint density at radius 1 is 1.23 bits per heavy atom. The van der Waals surface area contributed by atoms with Crippen LogP contribution < -0.4 is 0 Å². The van der Waals surface area contributed by atoms with Gasteiger partial charge in [-0.3, -0.25) is 9.59 Å². The Labute approximate surface area is 78.2 Å². The highest BCUT2D eigenvalue weighted by atomic mass is 16.5. The number of ether oxygens (including phenoxy) is 2. The summed E-state index contributed by atoms with van der Waals surface area (Å²) < 4.78 is 9.29. The maximum absolute atomic E-state index is 11.2. The molecule has 13 heavy (non-hydrogen) atoms. The van der Waals surface area contributed by atoms with Crippen molar-refractivity contribution < 1.29 is 19.1 Å². The zero-order valence-electron chi connectivity index (χ0n) is 8.33. The highest BCUT2D eigenvalue weighted by Gasteiger charge is 2.26. The molecule has 0 N–H and O–H groups in total. The molecule has 4 heteroatoms. The number of methoxy groups -OCH3 is 1. The van der Waals surface area contributed by atoms with Crippen LogP contribution in [0.25, 0.3) is 0 Å². The summed E-state index contributed by atoms with van der Waals surface area (Å²) in [5, 5.41) is 0. The largest absolute Gasteiger partial charge is 0.468 e. The number of carbonyl (C=O) groups excluding carboxylic acids is 2. The van der Waals surface area contributed by atoms with E-state index in [0.717, 1.165) is 6.42 Å². The molecule has 0 aromatic rings. The zero-order valence-corrected chi connectivity index (χ0v) is 8.33. The van der Waals surface area contributed by atoms with E-state index in [4.69, 9.17) is 4.74 Å². The van der Waals surface area contributed by atoms with Crippen LogP contribution in [0.1, 0.15) is 26.7 Å². The van der Waals surface area contributed by atoms with Crippen molar-refractivity contribution >= 4 is 11.9 Å². The fraction of sp³-hybridized carbons (Fsp3) is 0.778. The molecule has 0 aliphatic rings. The minimum atomic E-state index is -0.767. The van der Waals surface area contributed by atoms with Gasteiger partial charge in [-0.2, -0.15) is 0 Å². The van der Waals surface area contributed by atoms with Gasteiger partial charge in [0.05, 0.1) is 13.7 Å². The molecular weight excluding hydrogens is 172 g/mol. The van der Waals surface area contributed by atoms with E-state index < -0.39 is 17.9 Å². The fourth-order valence-electron chi connectivity index (χ4n) is 0.875. The Morgan fingerprint density at radius 3 is 2.23 bits per heavy atom. The molecule has 0 aromatic heterocycles. The van der Waals surface area contributed by atoms with Gasteiger partial charge in [-0.05, 0) is 12.8 Å². The lowest BCUT2D eigenvalue weighted by molar-refractivity contribution is -0.160. The number of hydrogen-bond donors (Lipinski definition) is 0. The topological polar surface area (TPSA) is 52.6 Å². The van der Waals surface area contributed by atoms with Gasteiger partial charge < -0.3 is 9.47 Å². The molecule has 1 atom stereocenters. The molecule has 76 valence electrons. The number of esters is 2. The monoisotopic (exact) mass is 188 g/mol. The first-order valence-corrected chi connectivity index (χ1v) is 4.41. The van der Waals surface area contributed by atoms with Gasteiger partial charge in [0.15, 0.2) is 5.92 Å². The summed E-state index contributed by atoms with van der Waals surface area (Å²) in [5.74, 6) is -1.78. The predicted molar refractivity (Wildman–Crippen MR) is 47.0 cm³/mol. The Hall–Kier alpha value is -1.06. The van der Waals surface area contributed by atoms with Crippen molar-refractivity contribution in [2.24, 2.45) is 5.92 Å². The zero-order chi connectivity index (χ0) is 10.3. The van der Waals surface area contributed by atoms with Crippen LogP contribution in [-0.2, 0) is 19.1 Å². The summed E-state index contributed by atoms with van der Waals surface area (Å²) in [6.07, 6.45) is 1.17. The summed E-state index contributed by atoms with van der Waals surface area (Å²) in [6, 6.07) is 0. The van der Waals surface area contributed by atoms with E-state index in [-0.39, 0.29) is 0 Å². The number of rotatable bonds is 5. The minimum Gasteiger partial charge on any atom is -0.468 e. The Morgan fingerprint density at radius 2 is 1.85 bits per heavy atom. The number of carbonyl (C=O) groups is 2. The predicted octanol–water partition coefficient (Wildman–Crippen LogP) is 1.14. The van der Waals surface area contributed by atoms with E-state index in [1.807, 2.05) is 6.92 Å². The fourth-order valence-corrected chi connectivity index (χ4v) is 0.875. The van der Waals surface area contributed by atoms with Crippen LogP contribution >= 0.6 is 0 Å². The summed E-state index contributed by atoms with van der Waals surface area (Å²) >= 11 is 0. The van der Waals surface area contributed by atoms with Crippen LogP contribution in [0.3, 0.4) is 0 Å². The molecule has 0 bridgehead atoms. The van der Waals surface area contributed by atoms with E-state index in [0.29, 0.717) is 13.0 Å². The molecule has 0 radical (unpaired) electrons. The van der Waals surface area contributed by atoms with Crippen molar-refractivity contribution in [3.63, 3.8) is 0 Å². The molecule has 0 rings (SSSR count). The van der Waals surface area contributed by atoms with Crippen LogP contribution in [0, 0.1) is 5.92 Å². The lowest BCUT2D eigenvalue weighted by Crippen LogP contribution is -2.26. The number of hydrogen-bond acceptors (Lipinski definition) is 4. The van der Waals surface area contributed by atoms with Gasteiger partial charge in [0.25, 0.3) is 0 Å². The van der Waals surface area contributed by atoms with Gasteiger partial charge in [0, 0.05) is 0 Å². The van der Waals surface area contributed by atoms with E-state index in [2.05, 4.69) is 4.74 Å². The first-order valence-electron chi connectivity index (χ1n) is 4.41. The van der Waals surface area contributed by atoms with Crippen molar-refractivity contribution in [3.8, 4) is 0 Å². The van der Waals surface area contributed by atoms with Crippen LogP contribution in [0.5, 0.6) is 0 Å². The highest BCUT2D eigenvalue weighted by Crippen LogP contribution is 2.07. The second kappa shape index (κ2) is 6.46. The lowest BCUT2D eigenvalue weighted by Gasteiger charge is -2.10. The molecule has 0 aliphatic heterocycles. The van der Waals surface area contributed by atoms with E-state index in [9.17, 15) is 9.59 Å². The highest BCUT2D eigenvalue weighted by molar-refractivity contribution is 5.94. The summed E-state index contributed by atoms with van der Waals surface area (Å²) in [6.45, 7) is 3.99. The molecule has 0 amide bonds. The molecule has 0 saturated carbocycles. The third-order valence-corrected chi connectivity index (χ3v) is 1.63. The van der Waals surface area contributed by atoms with E-state index in [1.54, 1.807) is 6.92 Å². The second-order valence-corrected chi connectivity index (χ2v) is 2.65. The molecule has 0 heterocycles. The molecule has 1 unspecified atom stereocenters. The molecule has 0 aliphatic carbocycles. The first kappa shape index (κ1) is 11.9. The van der Waals surface area contributed by atoms with Crippen LogP contribution in [0.4, 0.5) is 0 Å². The molecule has 0 spiro atoms. The Bertz CT molecular complexity index is 176. The molecular formula is C9H16O4.